The van der Waals surface area contributed by atoms with Gasteiger partial charge in [0.1, 0.15) is 0 Å². The predicted molar refractivity (Wildman–Crippen MR) is 69.0 cm³/mol. The Morgan fingerprint density at radius 3 is 1.46 bits per heavy atom. The molecule has 24 heavy (non-hydrogen) atoms. The largest absolute Gasteiger partial charge is 0.517 e. The molecular formula is C13H13F9ISi+. The van der Waals surface area contributed by atoms with Gasteiger partial charge in [0.05, 0.1) is 8.07 Å². The summed E-state index contributed by atoms with van der Waals surface area (Å²) in [7, 11) is -1.80. The molecule has 0 aliphatic rings. The van der Waals surface area contributed by atoms with Crippen LogP contribution >= 0.6 is 0 Å². The van der Waals surface area contributed by atoms with E-state index in [1.54, 1.807) is 0 Å². The average Bonchev–Trinajstić information content (AvgIpc) is 2.35. The highest BCUT2D eigenvalue weighted by Crippen LogP contribution is 2.50. The van der Waals surface area contributed by atoms with Crippen LogP contribution < -0.4 is 26.4 Å². The molecule has 0 nitrogen and oxygen atoms in total. The highest BCUT2D eigenvalue weighted by Gasteiger charge is 2.87. The molecule has 0 heterocycles. The molecule has 0 radical (unpaired) electrons. The van der Waals surface area contributed by atoms with Gasteiger partial charge in [-0.15, -0.1) is 0 Å². The van der Waals surface area contributed by atoms with Crippen molar-refractivity contribution in [3.8, 4) is 0 Å². The summed E-state index contributed by atoms with van der Waals surface area (Å²) >= 11 is -3.12. The third-order valence-electron chi connectivity index (χ3n) is 3.04. The summed E-state index contributed by atoms with van der Waals surface area (Å²) in [4.78, 5) is 0. The highest BCUT2D eigenvalue weighted by molar-refractivity contribution is 6.88. The maximum atomic E-state index is 13.6. The maximum absolute atomic E-state index is 13.6. The molecule has 0 bridgehead atoms. The quantitative estimate of drug-likeness (QED) is 0.254. The van der Waals surface area contributed by atoms with Gasteiger partial charge >= 0.3 is 43.2 Å². The number of halogens is 10. The lowest BCUT2D eigenvalue weighted by molar-refractivity contribution is -0.790. The fourth-order valence-corrected chi connectivity index (χ4v) is 4.91. The van der Waals surface area contributed by atoms with Crippen molar-refractivity contribution in [1.82, 2.24) is 0 Å². The van der Waals surface area contributed by atoms with Gasteiger partial charge in [-0.3, -0.25) is 0 Å². The SMILES string of the molecule is C[Si](C)(C)c1ccc([I+]C(F)(F)C(F)(F)C(F)(F)C(F)(F)F)cc1. The molecule has 1 rings (SSSR count). The normalized spacial score (nSPS) is 14.8. The molecule has 138 valence electrons. The van der Waals surface area contributed by atoms with Crippen LogP contribution in [0.25, 0.3) is 0 Å². The van der Waals surface area contributed by atoms with Crippen molar-refractivity contribution in [3.05, 3.63) is 27.8 Å². The molecule has 0 N–H and O–H groups in total. The Bertz CT molecular complexity index is 573. The van der Waals surface area contributed by atoms with Crippen LogP contribution in [0.4, 0.5) is 39.5 Å². The highest BCUT2D eigenvalue weighted by atomic mass is 127. The van der Waals surface area contributed by atoms with E-state index in [2.05, 4.69) is 0 Å². The van der Waals surface area contributed by atoms with Gasteiger partial charge in [-0.05, 0) is 12.1 Å². The van der Waals surface area contributed by atoms with Crippen molar-refractivity contribution in [3.63, 3.8) is 0 Å². The first-order valence-corrected chi connectivity index (χ1v) is 12.1. The lowest BCUT2D eigenvalue weighted by Gasteiger charge is -2.28. The van der Waals surface area contributed by atoms with Gasteiger partial charge in [0.25, 0.3) is 0 Å². The molecule has 0 unspecified atom stereocenters. The van der Waals surface area contributed by atoms with Gasteiger partial charge in [-0.25, -0.2) is 0 Å². The van der Waals surface area contributed by atoms with Crippen LogP contribution in [0.15, 0.2) is 24.3 Å². The number of hydrogen-bond acceptors (Lipinski definition) is 0. The maximum Gasteiger partial charge on any atom is 0.517 e. The Labute approximate surface area is 143 Å². The molecule has 1 aromatic carbocycles. The van der Waals surface area contributed by atoms with E-state index < -0.39 is 51.2 Å². The number of benzene rings is 1. The average molecular weight is 495 g/mol. The molecule has 0 saturated heterocycles. The molecule has 0 aliphatic heterocycles. The molecule has 0 spiro atoms. The zero-order chi connectivity index (χ0) is 19.2. The van der Waals surface area contributed by atoms with Gasteiger partial charge < -0.3 is 0 Å². The summed E-state index contributed by atoms with van der Waals surface area (Å²) in [5, 5.41) is 0.811. The Hall–Kier alpha value is -0.463. The molecule has 11 heteroatoms. The summed E-state index contributed by atoms with van der Waals surface area (Å²) in [6.07, 6.45) is -6.77. The van der Waals surface area contributed by atoms with Gasteiger partial charge in [-0.1, -0.05) is 37.0 Å². The van der Waals surface area contributed by atoms with E-state index in [9.17, 15) is 39.5 Å². The second-order valence-corrected chi connectivity index (χ2v) is 14.2. The summed E-state index contributed by atoms with van der Waals surface area (Å²) in [6, 6.07) is 4.99. The topological polar surface area (TPSA) is 0 Å². The smallest absolute Gasteiger partial charge is 0.189 e. The first-order chi connectivity index (χ1) is 10.4. The van der Waals surface area contributed by atoms with E-state index in [0.717, 1.165) is 17.3 Å². The second-order valence-electron chi connectivity index (χ2n) is 6.00. The molecular weight excluding hydrogens is 482 g/mol. The minimum Gasteiger partial charge on any atom is -0.189 e. The van der Waals surface area contributed by atoms with Crippen LogP contribution in [0, 0.1) is 3.57 Å². The van der Waals surface area contributed by atoms with Crippen LogP contribution in [-0.4, -0.2) is 30.0 Å². The first-order valence-electron chi connectivity index (χ1n) is 6.40. The number of hydrogen-bond donors (Lipinski definition) is 0. The molecule has 0 fully saturated rings. The first kappa shape index (κ1) is 21.6. The summed E-state index contributed by atoms with van der Waals surface area (Å²) in [5.41, 5.74) is 0. The van der Waals surface area contributed by atoms with E-state index in [-0.39, 0.29) is 3.57 Å². The molecule has 0 atom stereocenters. The van der Waals surface area contributed by atoms with Gasteiger partial charge in [0.2, 0.25) is 0 Å². The van der Waals surface area contributed by atoms with E-state index >= 15 is 0 Å². The summed E-state index contributed by atoms with van der Waals surface area (Å²) < 4.78 is 110. The van der Waals surface area contributed by atoms with Crippen LogP contribution in [0.2, 0.25) is 19.6 Å². The van der Waals surface area contributed by atoms with Crippen LogP contribution in [0.1, 0.15) is 0 Å². The Kier molecular flexibility index (Phi) is 5.72. The van der Waals surface area contributed by atoms with Crippen LogP contribution in [0.3, 0.4) is 0 Å². The minimum absolute atomic E-state index is 0.349. The van der Waals surface area contributed by atoms with Crippen molar-refractivity contribution in [1.29, 1.82) is 0 Å². The van der Waals surface area contributed by atoms with Crippen molar-refractivity contribution in [2.75, 3.05) is 0 Å². The Balaban J connectivity index is 3.12. The molecule has 0 amide bonds. The van der Waals surface area contributed by atoms with Gasteiger partial charge in [0.15, 0.2) is 3.57 Å². The van der Waals surface area contributed by atoms with Crippen LogP contribution in [0.5, 0.6) is 0 Å². The van der Waals surface area contributed by atoms with Crippen molar-refractivity contribution >= 4 is 13.3 Å². The zero-order valence-corrected chi connectivity index (χ0v) is 15.7. The third kappa shape index (κ3) is 4.02. The lowest BCUT2D eigenvalue weighted by Crippen LogP contribution is -3.68. The number of rotatable bonds is 5. The van der Waals surface area contributed by atoms with E-state index in [0.29, 0.717) is 0 Å². The third-order valence-corrected chi connectivity index (χ3v) is 7.81. The van der Waals surface area contributed by atoms with Crippen molar-refractivity contribution in [2.24, 2.45) is 0 Å². The van der Waals surface area contributed by atoms with Gasteiger partial charge in [-0.2, -0.15) is 39.5 Å². The predicted octanol–water partition coefficient (Wildman–Crippen LogP) is 1.92. The van der Waals surface area contributed by atoms with Crippen molar-refractivity contribution in [2.45, 2.75) is 41.6 Å². The van der Waals surface area contributed by atoms with E-state index in [1.165, 1.54) is 12.1 Å². The standard InChI is InChI=1S/C13H13F9ISi/c1-24(2,3)9-6-4-8(5-7-9)23-13(21,22)11(16,17)10(14,15)12(18,19)20/h4-7H,1-3H3/q+1. The van der Waals surface area contributed by atoms with Gasteiger partial charge in [0, 0.05) is 0 Å². The molecule has 0 saturated carbocycles. The van der Waals surface area contributed by atoms with Crippen molar-refractivity contribution < 1.29 is 60.7 Å². The second kappa shape index (κ2) is 6.36. The summed E-state index contributed by atoms with van der Waals surface area (Å²) in [5.74, 6) is -13.3. The molecule has 0 aliphatic carbocycles. The molecule has 0 aromatic heterocycles. The zero-order valence-electron chi connectivity index (χ0n) is 12.6. The Morgan fingerprint density at radius 2 is 1.12 bits per heavy atom. The van der Waals surface area contributed by atoms with E-state index in [4.69, 9.17) is 0 Å². The fraction of sp³-hybridized carbons (Fsp3) is 0.538. The van der Waals surface area contributed by atoms with E-state index in [1.807, 2.05) is 19.6 Å². The van der Waals surface area contributed by atoms with Crippen LogP contribution in [-0.2, 0) is 0 Å². The minimum atomic E-state index is -6.82. The summed E-state index contributed by atoms with van der Waals surface area (Å²) in [6.45, 7) is 5.80. The Morgan fingerprint density at radius 1 is 0.708 bits per heavy atom. The number of alkyl halides is 10. The fourth-order valence-electron chi connectivity index (χ4n) is 1.57. The lowest BCUT2D eigenvalue weighted by atomic mass is 10.2. The molecule has 1 aromatic rings. The monoisotopic (exact) mass is 495 g/mol.